The van der Waals surface area contributed by atoms with Crippen LogP contribution < -0.4 is 0 Å². The third-order valence-electron chi connectivity index (χ3n) is 13.1. The Bertz CT molecular complexity index is 3810. The largest absolute Gasteiger partial charge is 0.308 e. The molecule has 0 atom stereocenters. The SMILES string of the molecule is c1ccc(-c2ccc(-c3cc(-c4nc(-c5ccccc5)nc(-c5ccccc5)n4)cc(-c4ccc(-c5ccccc5)cc4)c3-n3c4ccccc4c4cc5c(cc43)sc3ccccc35)cc2)cc1. The minimum absolute atomic E-state index is 0.600. The third kappa shape index (κ3) is 6.96. The Morgan fingerprint density at radius 3 is 1.21 bits per heavy atom. The van der Waals surface area contributed by atoms with Gasteiger partial charge in [0, 0.05) is 58.8 Å². The lowest BCUT2D eigenvalue weighted by molar-refractivity contribution is 1.07. The normalized spacial score (nSPS) is 11.5. The molecule has 68 heavy (non-hydrogen) atoms. The summed E-state index contributed by atoms with van der Waals surface area (Å²) in [6.45, 7) is 0. The first kappa shape index (κ1) is 39.6. The van der Waals surface area contributed by atoms with Gasteiger partial charge in [-0.15, -0.1) is 11.3 Å². The van der Waals surface area contributed by atoms with Crippen LogP contribution in [0.15, 0.2) is 243 Å². The molecule has 0 unspecified atom stereocenters. The van der Waals surface area contributed by atoms with E-state index in [2.05, 4.69) is 211 Å². The van der Waals surface area contributed by atoms with Crippen molar-refractivity contribution in [1.29, 1.82) is 0 Å². The van der Waals surface area contributed by atoms with Gasteiger partial charge in [-0.25, -0.2) is 15.0 Å². The maximum absolute atomic E-state index is 5.30. The van der Waals surface area contributed by atoms with Gasteiger partial charge in [0.2, 0.25) is 0 Å². The van der Waals surface area contributed by atoms with E-state index in [0.717, 1.165) is 66.8 Å². The molecule has 13 rings (SSSR count). The average molecular weight is 885 g/mol. The second-order valence-corrected chi connectivity index (χ2v) is 18.2. The zero-order chi connectivity index (χ0) is 45.0. The molecule has 3 aromatic heterocycles. The summed E-state index contributed by atoms with van der Waals surface area (Å²) < 4.78 is 5.06. The molecule has 0 fully saturated rings. The van der Waals surface area contributed by atoms with E-state index >= 15 is 0 Å². The molecule has 5 heteroatoms. The topological polar surface area (TPSA) is 43.6 Å². The van der Waals surface area contributed by atoms with Crippen LogP contribution in [-0.2, 0) is 0 Å². The van der Waals surface area contributed by atoms with Gasteiger partial charge in [-0.2, -0.15) is 0 Å². The van der Waals surface area contributed by atoms with Gasteiger partial charge in [-0.3, -0.25) is 0 Å². The highest BCUT2D eigenvalue weighted by atomic mass is 32.1. The predicted molar refractivity (Wildman–Crippen MR) is 285 cm³/mol. The molecule has 0 saturated heterocycles. The predicted octanol–water partition coefficient (Wildman–Crippen LogP) is 17.0. The summed E-state index contributed by atoms with van der Waals surface area (Å²) in [6.07, 6.45) is 0. The van der Waals surface area contributed by atoms with Crippen LogP contribution in [0.2, 0.25) is 0 Å². The van der Waals surface area contributed by atoms with Crippen molar-refractivity contribution < 1.29 is 0 Å². The van der Waals surface area contributed by atoms with E-state index in [4.69, 9.17) is 15.0 Å². The zero-order valence-electron chi connectivity index (χ0n) is 36.8. The molecule has 13 aromatic rings. The molecule has 10 aromatic carbocycles. The first-order chi connectivity index (χ1) is 33.7. The van der Waals surface area contributed by atoms with E-state index in [1.807, 2.05) is 47.7 Å². The van der Waals surface area contributed by atoms with E-state index in [9.17, 15) is 0 Å². The summed E-state index contributed by atoms with van der Waals surface area (Å²) in [7, 11) is 0. The van der Waals surface area contributed by atoms with Crippen LogP contribution in [-0.4, -0.2) is 19.5 Å². The molecule has 0 radical (unpaired) electrons. The minimum atomic E-state index is 0.600. The molecule has 0 aliphatic heterocycles. The van der Waals surface area contributed by atoms with Crippen molar-refractivity contribution in [2.45, 2.75) is 0 Å². The Labute approximate surface area is 397 Å². The smallest absolute Gasteiger partial charge is 0.164 e. The van der Waals surface area contributed by atoms with Crippen LogP contribution >= 0.6 is 11.3 Å². The van der Waals surface area contributed by atoms with Crippen molar-refractivity contribution in [2.75, 3.05) is 0 Å². The highest BCUT2D eigenvalue weighted by Crippen LogP contribution is 2.46. The summed E-state index contributed by atoms with van der Waals surface area (Å²) >= 11 is 1.85. The number of aromatic nitrogens is 4. The molecule has 318 valence electrons. The number of rotatable bonds is 8. The van der Waals surface area contributed by atoms with Gasteiger partial charge in [0.25, 0.3) is 0 Å². The summed E-state index contributed by atoms with van der Waals surface area (Å²) in [5.74, 6) is 1.84. The fourth-order valence-corrected chi connectivity index (χ4v) is 10.9. The highest BCUT2D eigenvalue weighted by molar-refractivity contribution is 7.25. The number of nitrogens with zero attached hydrogens (tertiary/aromatic N) is 4. The van der Waals surface area contributed by atoms with Crippen LogP contribution in [0, 0.1) is 0 Å². The highest BCUT2D eigenvalue weighted by Gasteiger charge is 2.24. The molecule has 4 nitrogen and oxygen atoms in total. The van der Waals surface area contributed by atoms with Gasteiger partial charge >= 0.3 is 0 Å². The van der Waals surface area contributed by atoms with Gasteiger partial charge in [0.05, 0.1) is 16.7 Å². The standard InChI is InChI=1S/C63H40N4S/c1-5-17-41(18-6-1)43-29-33-45(34-30-43)52-37-49(63-65-61(47-21-9-3-10-22-47)64-62(66-63)48-23-11-4-12-24-48)38-53(46-35-31-44(32-36-46)42-19-7-2-8-20-42)60(52)67-56-27-15-13-25-50(56)54-39-55-51-26-14-16-28-58(51)68-59(55)40-57(54)67/h1-40H. The number of fused-ring (bicyclic) bond motifs is 6. The summed E-state index contributed by atoms with van der Waals surface area (Å²) in [5.41, 5.74) is 15.1. The van der Waals surface area contributed by atoms with Crippen molar-refractivity contribution in [1.82, 2.24) is 19.5 Å². The maximum atomic E-state index is 5.30. The summed E-state index contributed by atoms with van der Waals surface area (Å²) in [4.78, 5) is 15.7. The maximum Gasteiger partial charge on any atom is 0.164 e. The van der Waals surface area contributed by atoms with Crippen molar-refractivity contribution in [3.05, 3.63) is 243 Å². The Morgan fingerprint density at radius 2 is 0.676 bits per heavy atom. The first-order valence-corrected chi connectivity index (χ1v) is 23.7. The lowest BCUT2D eigenvalue weighted by Gasteiger charge is -2.21. The molecule has 0 saturated carbocycles. The molecule has 0 aliphatic rings. The minimum Gasteiger partial charge on any atom is -0.308 e. The number of hydrogen-bond donors (Lipinski definition) is 0. The molecule has 0 N–H and O–H groups in total. The van der Waals surface area contributed by atoms with Gasteiger partial charge in [-0.05, 0) is 69.8 Å². The summed E-state index contributed by atoms with van der Waals surface area (Å²) in [6, 6.07) is 86.7. The van der Waals surface area contributed by atoms with Gasteiger partial charge in [0.15, 0.2) is 17.5 Å². The molecule has 0 aliphatic carbocycles. The third-order valence-corrected chi connectivity index (χ3v) is 14.2. The van der Waals surface area contributed by atoms with E-state index < -0.39 is 0 Å². The lowest BCUT2D eigenvalue weighted by Crippen LogP contribution is -2.04. The van der Waals surface area contributed by atoms with E-state index in [1.165, 1.54) is 42.1 Å². The number of para-hydroxylation sites is 1. The van der Waals surface area contributed by atoms with E-state index in [-0.39, 0.29) is 0 Å². The Morgan fingerprint density at radius 1 is 0.265 bits per heavy atom. The molecular formula is C63H40N4S. The lowest BCUT2D eigenvalue weighted by atomic mass is 9.91. The monoisotopic (exact) mass is 884 g/mol. The summed E-state index contributed by atoms with van der Waals surface area (Å²) in [5, 5.41) is 4.99. The first-order valence-electron chi connectivity index (χ1n) is 22.9. The Balaban J connectivity index is 1.14. The van der Waals surface area contributed by atoms with Crippen LogP contribution in [0.25, 0.3) is 126 Å². The molecule has 3 heterocycles. The second-order valence-electron chi connectivity index (χ2n) is 17.2. The second kappa shape index (κ2) is 16.6. The van der Waals surface area contributed by atoms with Gasteiger partial charge in [-0.1, -0.05) is 206 Å². The van der Waals surface area contributed by atoms with Crippen LogP contribution in [0.3, 0.4) is 0 Å². The van der Waals surface area contributed by atoms with Crippen molar-refractivity contribution in [3.63, 3.8) is 0 Å². The molecule has 0 amide bonds. The molecule has 0 bridgehead atoms. The molecule has 0 spiro atoms. The van der Waals surface area contributed by atoms with E-state index in [0.29, 0.717) is 17.5 Å². The Kier molecular flexibility index (Phi) is 9.66. The van der Waals surface area contributed by atoms with Crippen LogP contribution in [0.1, 0.15) is 0 Å². The van der Waals surface area contributed by atoms with Crippen LogP contribution in [0.4, 0.5) is 0 Å². The number of thiophene rings is 1. The van der Waals surface area contributed by atoms with Crippen molar-refractivity contribution in [3.8, 4) is 84.4 Å². The van der Waals surface area contributed by atoms with Gasteiger partial charge in [0.1, 0.15) is 0 Å². The zero-order valence-corrected chi connectivity index (χ0v) is 37.6. The number of benzene rings is 10. The fourth-order valence-electron chi connectivity index (χ4n) is 9.76. The number of hydrogen-bond acceptors (Lipinski definition) is 4. The van der Waals surface area contributed by atoms with Crippen molar-refractivity contribution >= 4 is 53.3 Å². The van der Waals surface area contributed by atoms with Crippen molar-refractivity contribution in [2.24, 2.45) is 0 Å². The fraction of sp³-hybridized carbons (Fsp3) is 0. The Hall–Kier alpha value is -8.77. The average Bonchev–Trinajstić information content (AvgIpc) is 3.95. The van der Waals surface area contributed by atoms with Gasteiger partial charge < -0.3 is 4.57 Å². The van der Waals surface area contributed by atoms with Crippen LogP contribution in [0.5, 0.6) is 0 Å². The quantitative estimate of drug-likeness (QED) is 0.153. The molecular weight excluding hydrogens is 845 g/mol. The van der Waals surface area contributed by atoms with E-state index in [1.54, 1.807) is 0 Å².